The topological polar surface area (TPSA) is 78.6 Å². The van der Waals surface area contributed by atoms with E-state index in [1.807, 2.05) is 0 Å². The van der Waals surface area contributed by atoms with Crippen LogP contribution in [0.25, 0.3) is 0 Å². The summed E-state index contributed by atoms with van der Waals surface area (Å²) in [4.78, 5) is 28.1. The number of carbonyl (C=O) groups excluding carboxylic acids is 2. The molecule has 8 fully saturated rings. The van der Waals surface area contributed by atoms with Crippen LogP contribution in [0.3, 0.4) is 0 Å². The van der Waals surface area contributed by atoms with Crippen molar-refractivity contribution in [2.75, 3.05) is 0 Å². The van der Waals surface area contributed by atoms with Gasteiger partial charge in [0, 0.05) is 17.3 Å². The number of hydrogen-bond donors (Lipinski definition) is 1. The molecule has 0 aromatic carbocycles. The summed E-state index contributed by atoms with van der Waals surface area (Å²) in [6.45, 7) is 30.1. The molecule has 8 rings (SSSR count). The van der Waals surface area contributed by atoms with Gasteiger partial charge >= 0.3 is 11.9 Å². The van der Waals surface area contributed by atoms with Gasteiger partial charge in [0.05, 0.1) is 0 Å². The predicted octanol–water partition coefficient (Wildman–Crippen LogP) is 16.9. The van der Waals surface area contributed by atoms with Crippen molar-refractivity contribution in [3.05, 3.63) is 0 Å². The van der Waals surface area contributed by atoms with Crippen molar-refractivity contribution in [2.45, 2.75) is 268 Å². The minimum absolute atomic E-state index is 0. The zero-order valence-corrected chi connectivity index (χ0v) is 47.8. The van der Waals surface area contributed by atoms with Gasteiger partial charge in [0.25, 0.3) is 0 Å². The maximum absolute atomic E-state index is 14.1. The van der Waals surface area contributed by atoms with Crippen LogP contribution in [0.5, 0.6) is 0 Å². The number of hydrogen-bond acceptors (Lipinski definition) is 5. The number of nitrogens with two attached hydrogens (primary N) is 1. The predicted molar refractivity (Wildman–Crippen MR) is 289 cm³/mol. The van der Waals surface area contributed by atoms with E-state index in [4.69, 9.17) is 15.2 Å². The number of ether oxygens (including phenoxy) is 2. The molecule has 0 spiro atoms. The lowest BCUT2D eigenvalue weighted by Crippen LogP contribution is -2.59. The van der Waals surface area contributed by atoms with Crippen LogP contribution in [0.2, 0.25) is 0 Å². The van der Waals surface area contributed by atoms with Crippen LogP contribution in [0.4, 0.5) is 0 Å². The maximum atomic E-state index is 14.1. The second kappa shape index (κ2) is 22.6. The van der Waals surface area contributed by atoms with Crippen molar-refractivity contribution < 1.29 is 19.1 Å². The molecular weight excluding hydrogens is 870 g/mol. The normalized spacial score (nSPS) is 43.6. The van der Waals surface area contributed by atoms with Crippen molar-refractivity contribution in [3.8, 4) is 0 Å². The summed E-state index contributed by atoms with van der Waals surface area (Å²) in [5, 5.41) is 0. The van der Waals surface area contributed by atoms with Gasteiger partial charge in [-0.2, -0.15) is 0 Å². The molecule has 0 bridgehead atoms. The van der Waals surface area contributed by atoms with E-state index in [0.29, 0.717) is 40.9 Å². The zero-order chi connectivity index (χ0) is 48.9. The Morgan fingerprint density at radius 2 is 0.957 bits per heavy atom. The average molecular weight is 981 g/mol. The van der Waals surface area contributed by atoms with Gasteiger partial charge in [0.1, 0.15) is 18.2 Å². The molecule has 0 heterocycles. The largest absolute Gasteiger partial charge is 0.462 e. The summed E-state index contributed by atoms with van der Waals surface area (Å²) < 4.78 is 13.3. The van der Waals surface area contributed by atoms with Crippen LogP contribution in [0, 0.1) is 116 Å². The van der Waals surface area contributed by atoms with Crippen LogP contribution in [0.1, 0.15) is 250 Å². The molecule has 0 saturated heterocycles. The Morgan fingerprint density at radius 3 is 1.38 bits per heavy atom. The number of fused-ring (bicyclic) bond motifs is 10. The lowest BCUT2D eigenvalue weighted by molar-refractivity contribution is -0.194. The highest BCUT2D eigenvalue weighted by atomic mass is 35.5. The van der Waals surface area contributed by atoms with Crippen LogP contribution in [-0.4, -0.2) is 30.2 Å². The van der Waals surface area contributed by atoms with Crippen LogP contribution in [0.15, 0.2) is 0 Å². The van der Waals surface area contributed by atoms with Gasteiger partial charge in [-0.15, -0.1) is 12.4 Å². The van der Waals surface area contributed by atoms with Gasteiger partial charge < -0.3 is 15.2 Å². The van der Waals surface area contributed by atoms with Crippen LogP contribution >= 0.6 is 12.4 Å². The van der Waals surface area contributed by atoms with E-state index in [0.717, 1.165) is 96.7 Å². The summed E-state index contributed by atoms with van der Waals surface area (Å²) >= 11 is 0. The van der Waals surface area contributed by atoms with Crippen molar-refractivity contribution in [3.63, 3.8) is 0 Å². The molecule has 21 atom stereocenters. The van der Waals surface area contributed by atoms with E-state index >= 15 is 0 Å². The first-order valence-electron chi connectivity index (χ1n) is 30.5. The summed E-state index contributed by atoms with van der Waals surface area (Å²) in [6.07, 6.45) is 31.5. The van der Waals surface area contributed by atoms with Crippen molar-refractivity contribution >= 4 is 24.3 Å². The molecule has 0 amide bonds. The summed E-state index contributed by atoms with van der Waals surface area (Å²) in [5.41, 5.74) is 7.69. The molecule has 69 heavy (non-hydrogen) atoms. The van der Waals surface area contributed by atoms with Gasteiger partial charge in [-0.1, -0.05) is 109 Å². The van der Waals surface area contributed by atoms with Gasteiger partial charge in [-0.3, -0.25) is 9.59 Å². The first-order chi connectivity index (χ1) is 32.3. The van der Waals surface area contributed by atoms with Gasteiger partial charge in [0.2, 0.25) is 0 Å². The molecular formula is C63H110ClNO4. The first-order valence-corrected chi connectivity index (χ1v) is 30.5. The molecule has 0 aromatic rings. The highest BCUT2D eigenvalue weighted by Gasteiger charge is 2.65. The molecule has 8 aliphatic carbocycles. The van der Waals surface area contributed by atoms with E-state index in [-0.39, 0.29) is 53.8 Å². The Kier molecular flexibility index (Phi) is 18.3. The SMILES string of the molecule is CC[C@H](CC[C@@H](C)[C@H]1CC[C@H]2[C@H]3CCC4CCCC(OC(=O)CCC(N)C(=O)OC5CCCC6CC[C@H]7[C@H](CC[C@]8(C)[C@@H]([C@H](C)CC[C@@H](CC)C(C)C)CC[C@@H]78)[C@]65C)[C@]4(C)[C@H]3CC[C@]12C)C(C)C.Cl. The Morgan fingerprint density at radius 1 is 0.522 bits per heavy atom. The number of rotatable bonds is 18. The molecule has 2 N–H and O–H groups in total. The Labute approximate surface area is 431 Å². The fourth-order valence-electron chi connectivity index (χ4n) is 21.1. The van der Waals surface area contributed by atoms with Gasteiger partial charge in [0.15, 0.2) is 0 Å². The first kappa shape index (κ1) is 55.9. The number of halogens is 1. The quantitative estimate of drug-likeness (QED) is 0.138. The smallest absolute Gasteiger partial charge is 0.323 e. The fourth-order valence-corrected chi connectivity index (χ4v) is 21.1. The van der Waals surface area contributed by atoms with Gasteiger partial charge in [-0.25, -0.2) is 0 Å². The van der Waals surface area contributed by atoms with E-state index in [2.05, 4.69) is 83.1 Å². The number of esters is 2. The Balaban J connectivity index is 0.00000703. The third-order valence-corrected chi connectivity index (χ3v) is 25.3. The third-order valence-electron chi connectivity index (χ3n) is 25.3. The standard InChI is InChI=1S/C63H109NO4.ClH/c1-13-43(39(3)4)23-21-41(7)49-29-31-51-47-27-25-45-17-15-19-56(62(45,11)53(47)35-37-60(49,51)9)67-58(65)34-33-55(64)59(66)68-57-20-16-18-46-26-28-48-52-32-30-50(42(8)22-24-44(14-2)40(5)6)61(52,10)38-36-54(48)63(46,57)12;/h39-57H,13-38,64H2,1-12H3;1H/t41-,42-,43-,44-,45?,46?,47-,48-,49-,50-,51+,52+,53+,54+,55?,56?,57?,60-,61-,62+,63+;/m1./s1. The molecule has 5 unspecified atom stereocenters. The van der Waals surface area contributed by atoms with E-state index in [9.17, 15) is 9.59 Å². The van der Waals surface area contributed by atoms with E-state index in [1.54, 1.807) is 0 Å². The molecule has 0 aromatic heterocycles. The van der Waals surface area contributed by atoms with Crippen molar-refractivity contribution in [1.82, 2.24) is 0 Å². The molecule has 0 aliphatic heterocycles. The lowest BCUT2D eigenvalue weighted by atomic mass is 9.44. The maximum Gasteiger partial charge on any atom is 0.323 e. The number of carbonyl (C=O) groups is 2. The molecule has 5 nitrogen and oxygen atoms in total. The highest BCUT2D eigenvalue weighted by Crippen LogP contribution is 2.71. The fraction of sp³-hybridized carbons (Fsp3) is 0.968. The average Bonchev–Trinajstić information content (AvgIpc) is 3.85. The minimum Gasteiger partial charge on any atom is -0.462 e. The minimum atomic E-state index is -0.790. The van der Waals surface area contributed by atoms with E-state index in [1.165, 1.54) is 128 Å². The van der Waals surface area contributed by atoms with Crippen molar-refractivity contribution in [1.29, 1.82) is 0 Å². The van der Waals surface area contributed by atoms with Crippen LogP contribution < -0.4 is 5.73 Å². The summed E-state index contributed by atoms with van der Waals surface area (Å²) in [6, 6.07) is -0.790. The van der Waals surface area contributed by atoms with Gasteiger partial charge in [-0.05, 0) is 240 Å². The summed E-state index contributed by atoms with van der Waals surface area (Å²) in [5.74, 6) is 11.7. The highest BCUT2D eigenvalue weighted by molar-refractivity contribution is 5.85. The molecule has 6 heteroatoms. The second-order valence-corrected chi connectivity index (χ2v) is 28.3. The molecule has 8 saturated carbocycles. The molecule has 8 aliphatic rings. The monoisotopic (exact) mass is 980 g/mol. The van der Waals surface area contributed by atoms with Crippen molar-refractivity contribution in [2.24, 2.45) is 122 Å². The lowest BCUT2D eigenvalue weighted by Gasteiger charge is -2.62. The third kappa shape index (κ3) is 10.3. The van der Waals surface area contributed by atoms with E-state index < -0.39 is 6.04 Å². The summed E-state index contributed by atoms with van der Waals surface area (Å²) in [7, 11) is 0. The molecule has 0 radical (unpaired) electrons. The Bertz CT molecular complexity index is 1700. The van der Waals surface area contributed by atoms with Crippen LogP contribution in [-0.2, 0) is 19.1 Å². The molecule has 398 valence electrons. The second-order valence-electron chi connectivity index (χ2n) is 28.3. The Hall–Kier alpha value is -0.810. The zero-order valence-electron chi connectivity index (χ0n) is 47.0.